The van der Waals surface area contributed by atoms with Gasteiger partial charge in [0, 0.05) is 30.7 Å². The maximum absolute atomic E-state index is 10.0. The van der Waals surface area contributed by atoms with Gasteiger partial charge >= 0.3 is 0 Å². The zero-order chi connectivity index (χ0) is 10.8. The summed E-state index contributed by atoms with van der Waals surface area (Å²) >= 11 is 0. The topological polar surface area (TPSA) is 50.9 Å². The summed E-state index contributed by atoms with van der Waals surface area (Å²) in [5, 5.41) is 14.2. The molecule has 0 aromatic carbocycles. The Kier molecular flexibility index (Phi) is 2.51. The molecule has 0 saturated carbocycles. The predicted octanol–water partition coefficient (Wildman–Crippen LogP) is 1.21. The van der Waals surface area contributed by atoms with Crippen LogP contribution in [0.5, 0.6) is 0 Å². The molecule has 2 heterocycles. The predicted molar refractivity (Wildman–Crippen MR) is 56.2 cm³/mol. The molecule has 0 amide bonds. The van der Waals surface area contributed by atoms with Gasteiger partial charge in [-0.2, -0.15) is 5.10 Å². The van der Waals surface area contributed by atoms with Crippen LogP contribution in [0.2, 0.25) is 0 Å². The molecule has 1 N–H and O–H groups in total. The zero-order valence-corrected chi connectivity index (χ0v) is 8.75. The monoisotopic (exact) mass is 203 g/mol. The van der Waals surface area contributed by atoms with Gasteiger partial charge in [0.1, 0.15) is 6.10 Å². The van der Waals surface area contributed by atoms with Crippen LogP contribution in [-0.2, 0) is 7.05 Å². The summed E-state index contributed by atoms with van der Waals surface area (Å²) < 4.78 is 1.74. The number of hydrogen-bond acceptors (Lipinski definition) is 3. The first-order valence-corrected chi connectivity index (χ1v) is 4.77. The summed E-state index contributed by atoms with van der Waals surface area (Å²) in [6.45, 7) is 1.95. The molecule has 1 atom stereocenters. The molecule has 0 aliphatic heterocycles. The van der Waals surface area contributed by atoms with E-state index in [4.69, 9.17) is 0 Å². The zero-order valence-electron chi connectivity index (χ0n) is 8.75. The van der Waals surface area contributed by atoms with Crippen LogP contribution >= 0.6 is 0 Å². The van der Waals surface area contributed by atoms with Crippen LogP contribution in [0.4, 0.5) is 0 Å². The van der Waals surface area contributed by atoms with Gasteiger partial charge in [-0.05, 0) is 19.1 Å². The Hall–Kier alpha value is -1.68. The molecule has 0 unspecified atom stereocenters. The van der Waals surface area contributed by atoms with Crippen molar-refractivity contribution in [2.24, 2.45) is 7.05 Å². The Bertz CT molecular complexity index is 431. The van der Waals surface area contributed by atoms with Gasteiger partial charge in [0.25, 0.3) is 0 Å². The minimum Gasteiger partial charge on any atom is -0.382 e. The average Bonchev–Trinajstić information content (AvgIpc) is 2.59. The highest BCUT2D eigenvalue weighted by molar-refractivity contribution is 5.23. The number of aryl methyl sites for hydroxylation is 2. The van der Waals surface area contributed by atoms with E-state index in [1.165, 1.54) is 0 Å². The van der Waals surface area contributed by atoms with E-state index in [1.54, 1.807) is 23.1 Å². The normalized spacial score (nSPS) is 12.7. The lowest BCUT2D eigenvalue weighted by Crippen LogP contribution is -2.02. The van der Waals surface area contributed by atoms with E-state index in [2.05, 4.69) is 10.1 Å². The van der Waals surface area contributed by atoms with Crippen LogP contribution in [0.25, 0.3) is 0 Å². The lowest BCUT2D eigenvalue weighted by molar-refractivity contribution is 0.214. The van der Waals surface area contributed by atoms with Gasteiger partial charge in [0.2, 0.25) is 0 Å². The van der Waals surface area contributed by atoms with Crippen molar-refractivity contribution in [3.05, 3.63) is 47.5 Å². The van der Waals surface area contributed by atoms with E-state index in [1.807, 2.05) is 26.1 Å². The summed E-state index contributed by atoms with van der Waals surface area (Å²) in [4.78, 5) is 3.97. The number of pyridine rings is 1. The Morgan fingerprint density at radius 1 is 1.47 bits per heavy atom. The van der Waals surface area contributed by atoms with Gasteiger partial charge in [-0.3, -0.25) is 9.67 Å². The third-order valence-corrected chi connectivity index (χ3v) is 2.41. The van der Waals surface area contributed by atoms with Crippen LogP contribution in [0.3, 0.4) is 0 Å². The van der Waals surface area contributed by atoms with Crippen LogP contribution in [-0.4, -0.2) is 19.9 Å². The van der Waals surface area contributed by atoms with Gasteiger partial charge in [0.15, 0.2) is 0 Å². The van der Waals surface area contributed by atoms with Crippen molar-refractivity contribution in [1.82, 2.24) is 14.8 Å². The largest absolute Gasteiger partial charge is 0.382 e. The Morgan fingerprint density at radius 2 is 2.27 bits per heavy atom. The number of rotatable bonds is 2. The first-order valence-electron chi connectivity index (χ1n) is 4.77. The highest BCUT2D eigenvalue weighted by Gasteiger charge is 2.14. The second-order valence-corrected chi connectivity index (χ2v) is 3.52. The van der Waals surface area contributed by atoms with E-state index in [-0.39, 0.29) is 0 Å². The molecule has 2 aromatic rings. The minimum atomic E-state index is -0.696. The fraction of sp³-hybridized carbons (Fsp3) is 0.273. The van der Waals surface area contributed by atoms with Crippen LogP contribution in [0.1, 0.15) is 23.1 Å². The standard InChI is InChI=1S/C11H13N3O/c1-8-6-10(13-14(8)2)11(15)9-4-3-5-12-7-9/h3-7,11,15H,1-2H3/t11-/m0/s1. The minimum absolute atomic E-state index is 0.656. The van der Waals surface area contributed by atoms with Crippen molar-refractivity contribution in [3.63, 3.8) is 0 Å². The molecule has 2 rings (SSSR count). The van der Waals surface area contributed by atoms with E-state index in [0.29, 0.717) is 5.69 Å². The second kappa shape index (κ2) is 3.82. The van der Waals surface area contributed by atoms with E-state index in [0.717, 1.165) is 11.3 Å². The summed E-state index contributed by atoms with van der Waals surface area (Å²) in [5.41, 5.74) is 2.44. The van der Waals surface area contributed by atoms with E-state index < -0.39 is 6.10 Å². The van der Waals surface area contributed by atoms with E-state index in [9.17, 15) is 5.11 Å². The first-order chi connectivity index (χ1) is 7.18. The first kappa shape index (κ1) is 9.86. The molecular weight excluding hydrogens is 190 g/mol. The highest BCUT2D eigenvalue weighted by atomic mass is 16.3. The Morgan fingerprint density at radius 3 is 2.80 bits per heavy atom. The van der Waals surface area contributed by atoms with E-state index >= 15 is 0 Å². The molecule has 0 aliphatic rings. The van der Waals surface area contributed by atoms with Crippen molar-refractivity contribution in [1.29, 1.82) is 0 Å². The fourth-order valence-corrected chi connectivity index (χ4v) is 1.43. The molecular formula is C11H13N3O. The van der Waals surface area contributed by atoms with Gasteiger partial charge in [-0.15, -0.1) is 0 Å². The third-order valence-electron chi connectivity index (χ3n) is 2.41. The average molecular weight is 203 g/mol. The van der Waals surface area contributed by atoms with Crippen LogP contribution in [0.15, 0.2) is 30.6 Å². The van der Waals surface area contributed by atoms with Gasteiger partial charge < -0.3 is 5.11 Å². The maximum Gasteiger partial charge on any atom is 0.124 e. The number of aromatic nitrogens is 3. The van der Waals surface area contributed by atoms with Crippen molar-refractivity contribution in [3.8, 4) is 0 Å². The Balaban J connectivity index is 2.32. The van der Waals surface area contributed by atoms with Crippen LogP contribution < -0.4 is 0 Å². The van der Waals surface area contributed by atoms with Crippen molar-refractivity contribution >= 4 is 0 Å². The van der Waals surface area contributed by atoms with Crippen molar-refractivity contribution < 1.29 is 5.11 Å². The molecule has 0 aliphatic carbocycles. The third kappa shape index (κ3) is 1.89. The number of hydrogen-bond donors (Lipinski definition) is 1. The smallest absolute Gasteiger partial charge is 0.124 e. The maximum atomic E-state index is 10.0. The molecule has 0 saturated heterocycles. The molecule has 0 radical (unpaired) electrons. The number of nitrogens with zero attached hydrogens (tertiary/aromatic N) is 3. The quantitative estimate of drug-likeness (QED) is 0.798. The lowest BCUT2D eigenvalue weighted by Gasteiger charge is -2.06. The van der Waals surface area contributed by atoms with Gasteiger partial charge in [-0.1, -0.05) is 6.07 Å². The highest BCUT2D eigenvalue weighted by Crippen LogP contribution is 2.19. The number of aliphatic hydroxyl groups excluding tert-OH is 1. The van der Waals surface area contributed by atoms with Gasteiger partial charge in [0.05, 0.1) is 5.69 Å². The molecule has 2 aromatic heterocycles. The molecule has 0 fully saturated rings. The second-order valence-electron chi connectivity index (χ2n) is 3.52. The number of aliphatic hydroxyl groups is 1. The summed E-state index contributed by atoms with van der Waals surface area (Å²) in [7, 11) is 1.86. The lowest BCUT2D eigenvalue weighted by atomic mass is 10.1. The molecule has 78 valence electrons. The molecule has 0 bridgehead atoms. The summed E-state index contributed by atoms with van der Waals surface area (Å²) in [5.74, 6) is 0. The molecule has 4 heteroatoms. The fourth-order valence-electron chi connectivity index (χ4n) is 1.43. The van der Waals surface area contributed by atoms with Gasteiger partial charge in [-0.25, -0.2) is 0 Å². The summed E-state index contributed by atoms with van der Waals surface area (Å²) in [6.07, 6.45) is 2.63. The van der Waals surface area contributed by atoms with Crippen molar-refractivity contribution in [2.75, 3.05) is 0 Å². The Labute approximate surface area is 88.2 Å². The van der Waals surface area contributed by atoms with Crippen LogP contribution in [0, 0.1) is 6.92 Å². The summed E-state index contributed by atoms with van der Waals surface area (Å²) in [6, 6.07) is 5.51. The molecule has 0 spiro atoms. The molecule has 15 heavy (non-hydrogen) atoms. The molecule has 4 nitrogen and oxygen atoms in total. The van der Waals surface area contributed by atoms with Crippen molar-refractivity contribution in [2.45, 2.75) is 13.0 Å². The SMILES string of the molecule is Cc1cc([C@@H](O)c2cccnc2)nn1C.